The molecule has 1 aliphatic rings. The molecule has 23 heavy (non-hydrogen) atoms. The third-order valence-corrected chi connectivity index (χ3v) is 5.26. The van der Waals surface area contributed by atoms with Crippen molar-refractivity contribution < 1.29 is 9.90 Å². The fourth-order valence-electron chi connectivity index (χ4n) is 2.92. The van der Waals surface area contributed by atoms with Gasteiger partial charge in [-0.2, -0.15) is 11.8 Å². The van der Waals surface area contributed by atoms with E-state index >= 15 is 0 Å². The highest BCUT2D eigenvalue weighted by atomic mass is 32.2. The lowest BCUT2D eigenvalue weighted by Crippen LogP contribution is -2.34. The monoisotopic (exact) mass is 336 g/mol. The topological polar surface area (TPSA) is 52.6 Å². The molecule has 0 spiro atoms. The van der Waals surface area contributed by atoms with Crippen molar-refractivity contribution in [1.29, 1.82) is 0 Å². The molecule has 0 aromatic heterocycles. The summed E-state index contributed by atoms with van der Waals surface area (Å²) >= 11 is 1.69. The maximum atomic E-state index is 12.1. The number of rotatable bonds is 7. The van der Waals surface area contributed by atoms with Crippen LogP contribution in [0.5, 0.6) is 0 Å². The zero-order valence-corrected chi connectivity index (χ0v) is 14.9. The summed E-state index contributed by atoms with van der Waals surface area (Å²) in [6.45, 7) is 5.24. The molecular formula is C18H28N2O2S. The van der Waals surface area contributed by atoms with E-state index in [0.717, 1.165) is 43.9 Å². The van der Waals surface area contributed by atoms with E-state index in [1.165, 1.54) is 5.56 Å². The largest absolute Gasteiger partial charge is 0.396 e. The quantitative estimate of drug-likeness (QED) is 0.804. The number of likely N-dealkylation sites (tertiary alicyclic amines) is 1. The van der Waals surface area contributed by atoms with Crippen molar-refractivity contribution >= 4 is 23.4 Å². The number of aliphatic hydroxyl groups is 1. The highest BCUT2D eigenvalue weighted by Gasteiger charge is 2.18. The number of amides is 1. The molecule has 0 bridgehead atoms. The van der Waals surface area contributed by atoms with Gasteiger partial charge in [0, 0.05) is 30.5 Å². The number of nitrogens with zero attached hydrogens (tertiary/aromatic N) is 1. The molecule has 0 radical (unpaired) electrons. The summed E-state index contributed by atoms with van der Waals surface area (Å²) < 4.78 is 0. The maximum Gasteiger partial charge on any atom is 0.228 e. The Morgan fingerprint density at radius 1 is 1.43 bits per heavy atom. The first kappa shape index (κ1) is 18.3. The lowest BCUT2D eigenvalue weighted by Gasteiger charge is -2.31. The summed E-state index contributed by atoms with van der Waals surface area (Å²) in [6.07, 6.45) is 4.16. The molecular weight excluding hydrogens is 308 g/mol. The van der Waals surface area contributed by atoms with E-state index in [2.05, 4.69) is 22.3 Å². The van der Waals surface area contributed by atoms with Crippen LogP contribution in [0.15, 0.2) is 24.3 Å². The van der Waals surface area contributed by atoms with Gasteiger partial charge in [0.15, 0.2) is 0 Å². The molecule has 1 saturated heterocycles. The summed E-state index contributed by atoms with van der Waals surface area (Å²) in [4.78, 5) is 14.5. The van der Waals surface area contributed by atoms with Gasteiger partial charge in [0.25, 0.3) is 0 Å². The summed E-state index contributed by atoms with van der Waals surface area (Å²) in [7, 11) is 0. The van der Waals surface area contributed by atoms with E-state index in [4.69, 9.17) is 0 Å². The minimum atomic E-state index is 0.0196. The third kappa shape index (κ3) is 5.83. The van der Waals surface area contributed by atoms with Gasteiger partial charge in [-0.05, 0) is 55.8 Å². The predicted molar refractivity (Wildman–Crippen MR) is 97.7 cm³/mol. The molecule has 1 aromatic rings. The summed E-state index contributed by atoms with van der Waals surface area (Å²) in [5.41, 5.74) is 2.11. The van der Waals surface area contributed by atoms with Gasteiger partial charge in [-0.3, -0.25) is 9.69 Å². The number of benzene rings is 1. The second kappa shape index (κ2) is 9.30. The molecule has 1 fully saturated rings. The molecule has 2 rings (SSSR count). The van der Waals surface area contributed by atoms with E-state index in [-0.39, 0.29) is 11.8 Å². The van der Waals surface area contributed by atoms with Gasteiger partial charge in [0.2, 0.25) is 5.91 Å². The van der Waals surface area contributed by atoms with Crippen LogP contribution in [0.2, 0.25) is 0 Å². The van der Waals surface area contributed by atoms with Crippen LogP contribution in [0.25, 0.3) is 0 Å². The Kier molecular flexibility index (Phi) is 7.40. The number of thioether (sulfide) groups is 1. The van der Waals surface area contributed by atoms with Crippen molar-refractivity contribution in [3.63, 3.8) is 0 Å². The van der Waals surface area contributed by atoms with E-state index in [1.807, 2.05) is 25.3 Å². The third-order valence-electron chi connectivity index (χ3n) is 4.43. The first-order chi connectivity index (χ1) is 11.1. The molecule has 1 heterocycles. The summed E-state index contributed by atoms with van der Waals surface area (Å²) in [5.74, 6) is 1.41. The average molecular weight is 337 g/mol. The highest BCUT2D eigenvalue weighted by Crippen LogP contribution is 2.20. The van der Waals surface area contributed by atoms with E-state index in [0.29, 0.717) is 12.5 Å². The Labute approximate surface area is 143 Å². The maximum absolute atomic E-state index is 12.1. The second-order valence-electron chi connectivity index (χ2n) is 6.45. The van der Waals surface area contributed by atoms with Gasteiger partial charge in [-0.1, -0.05) is 19.1 Å². The van der Waals surface area contributed by atoms with Gasteiger partial charge < -0.3 is 10.4 Å². The van der Waals surface area contributed by atoms with Gasteiger partial charge in [-0.25, -0.2) is 0 Å². The van der Waals surface area contributed by atoms with Crippen LogP contribution < -0.4 is 5.32 Å². The molecule has 1 amide bonds. The summed E-state index contributed by atoms with van der Waals surface area (Å²) in [5, 5.41) is 12.2. The number of anilines is 1. The zero-order chi connectivity index (χ0) is 16.7. The Morgan fingerprint density at radius 3 is 2.83 bits per heavy atom. The smallest absolute Gasteiger partial charge is 0.228 e. The van der Waals surface area contributed by atoms with Gasteiger partial charge in [-0.15, -0.1) is 0 Å². The zero-order valence-electron chi connectivity index (χ0n) is 14.1. The van der Waals surface area contributed by atoms with Crippen LogP contribution in [-0.2, 0) is 11.3 Å². The molecule has 1 aromatic carbocycles. The minimum Gasteiger partial charge on any atom is -0.396 e. The second-order valence-corrected chi connectivity index (χ2v) is 7.36. The van der Waals surface area contributed by atoms with Gasteiger partial charge in [0.05, 0.1) is 0 Å². The summed E-state index contributed by atoms with van der Waals surface area (Å²) in [6, 6.07) is 8.14. The number of piperidine rings is 1. The average Bonchev–Trinajstić information content (AvgIpc) is 2.56. The van der Waals surface area contributed by atoms with Crippen LogP contribution in [0.4, 0.5) is 5.69 Å². The Bertz CT molecular complexity index is 502. The number of hydrogen-bond donors (Lipinski definition) is 2. The first-order valence-electron chi connectivity index (χ1n) is 8.34. The lowest BCUT2D eigenvalue weighted by molar-refractivity contribution is -0.118. The normalized spacial score (nSPS) is 17.9. The number of carbonyl (C=O) groups is 1. The van der Waals surface area contributed by atoms with Crippen molar-refractivity contribution in [2.24, 2.45) is 11.8 Å². The van der Waals surface area contributed by atoms with Crippen LogP contribution in [0, 0.1) is 11.8 Å². The SMILES string of the molecule is CSCC(C)C(=O)Nc1cccc(CN2CCC(CO)CC2)c1. The highest BCUT2D eigenvalue weighted by molar-refractivity contribution is 7.98. The van der Waals surface area contributed by atoms with Crippen molar-refractivity contribution in [3.05, 3.63) is 29.8 Å². The Hall–Kier alpha value is -1.04. The molecule has 0 saturated carbocycles. The standard InChI is InChI=1S/C18H28N2O2S/c1-14(13-23-2)18(22)19-17-5-3-4-16(10-17)11-20-8-6-15(12-21)7-9-20/h3-5,10,14-15,21H,6-9,11-13H2,1-2H3,(H,19,22). The molecule has 1 atom stereocenters. The molecule has 5 heteroatoms. The van der Waals surface area contributed by atoms with Crippen molar-refractivity contribution in [1.82, 2.24) is 4.90 Å². The first-order valence-corrected chi connectivity index (χ1v) is 9.73. The molecule has 4 nitrogen and oxygen atoms in total. The van der Waals surface area contributed by atoms with E-state index in [1.54, 1.807) is 11.8 Å². The van der Waals surface area contributed by atoms with Crippen molar-refractivity contribution in [3.8, 4) is 0 Å². The van der Waals surface area contributed by atoms with Crippen LogP contribution in [0.3, 0.4) is 0 Å². The Balaban J connectivity index is 1.88. The molecule has 1 aliphatic heterocycles. The molecule has 0 aliphatic carbocycles. The van der Waals surface area contributed by atoms with Gasteiger partial charge in [0.1, 0.15) is 0 Å². The fraction of sp³-hybridized carbons (Fsp3) is 0.611. The van der Waals surface area contributed by atoms with Crippen LogP contribution in [0.1, 0.15) is 25.3 Å². The van der Waals surface area contributed by atoms with Gasteiger partial charge >= 0.3 is 0 Å². The molecule has 128 valence electrons. The molecule has 1 unspecified atom stereocenters. The Morgan fingerprint density at radius 2 is 2.17 bits per heavy atom. The number of carbonyl (C=O) groups excluding carboxylic acids is 1. The van der Waals surface area contributed by atoms with E-state index < -0.39 is 0 Å². The molecule has 2 N–H and O–H groups in total. The number of nitrogens with one attached hydrogen (secondary N) is 1. The predicted octanol–water partition coefficient (Wildman–Crippen LogP) is 2.83. The van der Waals surface area contributed by atoms with Crippen molar-refractivity contribution in [2.45, 2.75) is 26.3 Å². The van der Waals surface area contributed by atoms with Crippen LogP contribution >= 0.6 is 11.8 Å². The van der Waals surface area contributed by atoms with Crippen molar-refractivity contribution in [2.75, 3.05) is 37.0 Å². The lowest BCUT2D eigenvalue weighted by atomic mass is 9.97. The minimum absolute atomic E-state index is 0.0196. The fourth-order valence-corrected chi connectivity index (χ4v) is 3.58. The number of hydrogen-bond acceptors (Lipinski definition) is 4. The number of aliphatic hydroxyl groups excluding tert-OH is 1. The van der Waals surface area contributed by atoms with E-state index in [9.17, 15) is 9.90 Å². The van der Waals surface area contributed by atoms with Crippen LogP contribution in [-0.4, -0.2) is 47.6 Å².